The van der Waals surface area contributed by atoms with Gasteiger partial charge in [0.1, 0.15) is 10.6 Å². The summed E-state index contributed by atoms with van der Waals surface area (Å²) >= 11 is 0. The molecule has 8 nitrogen and oxygen atoms in total. The first kappa shape index (κ1) is 22.2. The van der Waals surface area contributed by atoms with E-state index in [1.54, 1.807) is 0 Å². The number of nitro benzene ring substituents is 1. The Balaban J connectivity index is 1.65. The molecule has 1 aliphatic heterocycles. The van der Waals surface area contributed by atoms with E-state index >= 15 is 0 Å². The smallest absolute Gasteiger partial charge is 0.271 e. The fourth-order valence-corrected chi connectivity index (χ4v) is 4.69. The van der Waals surface area contributed by atoms with Gasteiger partial charge in [-0.1, -0.05) is 31.2 Å². The number of non-ortho nitro benzene ring substituents is 1. The zero-order valence-corrected chi connectivity index (χ0v) is 18.0. The lowest BCUT2D eigenvalue weighted by molar-refractivity contribution is -0.385. The average molecular weight is 434 g/mol. The largest absolute Gasteiger partial charge is 0.495 e. The SMILES string of the molecule is COc1ccc([N+](=O)[O-])cc1S(=O)(=O)NCc1ccc(CN2CCC(C)CC2)cc1. The summed E-state index contributed by atoms with van der Waals surface area (Å²) < 4.78 is 33.0. The first-order valence-electron chi connectivity index (χ1n) is 9.91. The van der Waals surface area contributed by atoms with Gasteiger partial charge in [-0.15, -0.1) is 0 Å². The fraction of sp³-hybridized carbons (Fsp3) is 0.429. The topological polar surface area (TPSA) is 102 Å². The molecule has 0 aromatic heterocycles. The van der Waals surface area contributed by atoms with Crippen LogP contribution in [0.3, 0.4) is 0 Å². The second kappa shape index (κ2) is 9.55. The summed E-state index contributed by atoms with van der Waals surface area (Å²) in [6, 6.07) is 11.3. The van der Waals surface area contributed by atoms with E-state index in [4.69, 9.17) is 4.74 Å². The Bertz CT molecular complexity index is 984. The Morgan fingerprint density at radius 2 is 1.77 bits per heavy atom. The Morgan fingerprint density at radius 1 is 1.13 bits per heavy atom. The third-order valence-corrected chi connectivity index (χ3v) is 6.84. The number of nitrogens with one attached hydrogen (secondary N) is 1. The van der Waals surface area contributed by atoms with Crippen molar-refractivity contribution >= 4 is 15.7 Å². The van der Waals surface area contributed by atoms with Gasteiger partial charge in [-0.3, -0.25) is 15.0 Å². The van der Waals surface area contributed by atoms with Crippen molar-refractivity contribution in [2.24, 2.45) is 5.92 Å². The predicted octanol–water partition coefficient (Wildman–Crippen LogP) is 3.31. The van der Waals surface area contributed by atoms with E-state index in [0.717, 1.165) is 37.2 Å². The zero-order valence-electron chi connectivity index (χ0n) is 17.2. The summed E-state index contributed by atoms with van der Waals surface area (Å²) in [5.41, 5.74) is 1.68. The predicted molar refractivity (Wildman–Crippen MR) is 114 cm³/mol. The monoisotopic (exact) mass is 433 g/mol. The molecule has 2 aromatic carbocycles. The molecule has 0 unspecified atom stereocenters. The molecule has 1 saturated heterocycles. The van der Waals surface area contributed by atoms with Crippen molar-refractivity contribution in [2.45, 2.75) is 37.8 Å². The maximum absolute atomic E-state index is 12.7. The van der Waals surface area contributed by atoms with Crippen molar-refractivity contribution in [3.05, 3.63) is 63.7 Å². The Kier molecular flexibility index (Phi) is 7.06. The standard InChI is InChI=1S/C21H27N3O5S/c1-16-9-11-23(12-10-16)15-18-5-3-17(4-6-18)14-22-30(27,28)21-13-19(24(25)26)7-8-20(21)29-2/h3-8,13,16,22H,9-12,14-15H2,1-2H3. The molecule has 0 saturated carbocycles. The fourth-order valence-electron chi connectivity index (χ4n) is 3.49. The lowest BCUT2D eigenvalue weighted by Crippen LogP contribution is -2.32. The van der Waals surface area contributed by atoms with Gasteiger partial charge in [-0.2, -0.15) is 0 Å². The molecule has 3 rings (SSSR count). The molecule has 162 valence electrons. The van der Waals surface area contributed by atoms with Crippen LogP contribution < -0.4 is 9.46 Å². The highest BCUT2D eigenvalue weighted by Gasteiger charge is 2.23. The van der Waals surface area contributed by atoms with E-state index in [1.807, 2.05) is 24.3 Å². The van der Waals surface area contributed by atoms with Crippen molar-refractivity contribution in [2.75, 3.05) is 20.2 Å². The first-order chi connectivity index (χ1) is 14.3. The molecule has 0 amide bonds. The first-order valence-corrected chi connectivity index (χ1v) is 11.4. The summed E-state index contributed by atoms with van der Waals surface area (Å²) in [5.74, 6) is 0.848. The molecular formula is C21H27N3O5S. The molecule has 0 atom stereocenters. The van der Waals surface area contributed by atoms with Crippen LogP contribution in [0.2, 0.25) is 0 Å². The maximum Gasteiger partial charge on any atom is 0.271 e. The highest BCUT2D eigenvalue weighted by molar-refractivity contribution is 7.89. The quantitative estimate of drug-likeness (QED) is 0.506. The maximum atomic E-state index is 12.7. The molecule has 1 heterocycles. The summed E-state index contributed by atoms with van der Waals surface area (Å²) in [4.78, 5) is 12.5. The summed E-state index contributed by atoms with van der Waals surface area (Å²) in [5, 5.41) is 11.0. The number of piperidine rings is 1. The summed E-state index contributed by atoms with van der Waals surface area (Å²) in [7, 11) is -2.66. The van der Waals surface area contributed by atoms with Crippen LogP contribution in [0, 0.1) is 16.0 Å². The number of benzene rings is 2. The van der Waals surface area contributed by atoms with Crippen molar-refractivity contribution in [3.63, 3.8) is 0 Å². The third-order valence-electron chi connectivity index (χ3n) is 5.42. The lowest BCUT2D eigenvalue weighted by atomic mass is 9.99. The summed E-state index contributed by atoms with van der Waals surface area (Å²) in [6.07, 6.45) is 2.45. The number of sulfonamides is 1. The zero-order chi connectivity index (χ0) is 21.7. The second-order valence-corrected chi connectivity index (χ2v) is 9.43. The van der Waals surface area contributed by atoms with Crippen LogP contribution in [0.4, 0.5) is 5.69 Å². The van der Waals surface area contributed by atoms with E-state index in [0.29, 0.717) is 0 Å². The van der Waals surface area contributed by atoms with Crippen molar-refractivity contribution in [3.8, 4) is 5.75 Å². The number of hydrogen-bond donors (Lipinski definition) is 1. The van der Waals surface area contributed by atoms with Gasteiger partial charge in [0, 0.05) is 25.2 Å². The number of nitrogens with zero attached hydrogens (tertiary/aromatic N) is 2. The van der Waals surface area contributed by atoms with Crippen LogP contribution in [0.5, 0.6) is 5.75 Å². The molecular weight excluding hydrogens is 406 g/mol. The molecule has 0 bridgehead atoms. The van der Waals surface area contributed by atoms with Gasteiger partial charge in [0.2, 0.25) is 10.0 Å². The van der Waals surface area contributed by atoms with Crippen molar-refractivity contribution in [1.82, 2.24) is 9.62 Å². The van der Waals surface area contributed by atoms with E-state index in [-0.39, 0.29) is 22.9 Å². The molecule has 30 heavy (non-hydrogen) atoms. The van der Waals surface area contributed by atoms with Gasteiger partial charge in [0.15, 0.2) is 0 Å². The molecule has 0 radical (unpaired) electrons. The Morgan fingerprint density at radius 3 is 2.37 bits per heavy atom. The number of nitro groups is 1. The highest BCUT2D eigenvalue weighted by Crippen LogP contribution is 2.28. The molecule has 1 fully saturated rings. The summed E-state index contributed by atoms with van der Waals surface area (Å²) in [6.45, 7) is 5.47. The van der Waals surface area contributed by atoms with Crippen LogP contribution in [0.25, 0.3) is 0 Å². The van der Waals surface area contributed by atoms with Gasteiger partial charge in [-0.25, -0.2) is 13.1 Å². The normalized spacial score (nSPS) is 15.8. The van der Waals surface area contributed by atoms with E-state index < -0.39 is 14.9 Å². The van der Waals surface area contributed by atoms with Gasteiger partial charge in [0.25, 0.3) is 5.69 Å². The van der Waals surface area contributed by atoms with E-state index in [1.165, 1.54) is 37.6 Å². The minimum absolute atomic E-state index is 0.0549. The third kappa shape index (κ3) is 5.56. The van der Waals surface area contributed by atoms with E-state index in [2.05, 4.69) is 16.5 Å². The minimum Gasteiger partial charge on any atom is -0.495 e. The van der Waals surface area contributed by atoms with Crippen LogP contribution >= 0.6 is 0 Å². The molecule has 9 heteroatoms. The molecule has 2 aromatic rings. The molecule has 0 aliphatic carbocycles. The molecule has 1 N–H and O–H groups in total. The highest BCUT2D eigenvalue weighted by atomic mass is 32.2. The van der Waals surface area contributed by atoms with Crippen LogP contribution in [0.15, 0.2) is 47.4 Å². The number of ether oxygens (including phenoxy) is 1. The second-order valence-electron chi connectivity index (χ2n) is 7.69. The van der Waals surface area contributed by atoms with Crippen molar-refractivity contribution in [1.29, 1.82) is 0 Å². The lowest BCUT2D eigenvalue weighted by Gasteiger charge is -2.30. The van der Waals surface area contributed by atoms with Gasteiger partial charge >= 0.3 is 0 Å². The van der Waals surface area contributed by atoms with Crippen LogP contribution in [-0.2, 0) is 23.1 Å². The van der Waals surface area contributed by atoms with Gasteiger partial charge < -0.3 is 4.74 Å². The molecule has 1 aliphatic rings. The Hall–Kier alpha value is -2.49. The van der Waals surface area contributed by atoms with Crippen LogP contribution in [0.1, 0.15) is 30.9 Å². The van der Waals surface area contributed by atoms with Crippen molar-refractivity contribution < 1.29 is 18.1 Å². The Labute approximate surface area is 177 Å². The van der Waals surface area contributed by atoms with Gasteiger partial charge in [0.05, 0.1) is 12.0 Å². The number of hydrogen-bond acceptors (Lipinski definition) is 6. The number of rotatable bonds is 8. The van der Waals surface area contributed by atoms with Crippen LogP contribution in [-0.4, -0.2) is 38.4 Å². The number of methoxy groups -OCH3 is 1. The average Bonchev–Trinajstić information content (AvgIpc) is 2.74. The number of likely N-dealkylation sites (tertiary alicyclic amines) is 1. The minimum atomic E-state index is -3.98. The van der Waals surface area contributed by atoms with E-state index in [9.17, 15) is 18.5 Å². The van der Waals surface area contributed by atoms with Gasteiger partial charge in [-0.05, 0) is 49.0 Å². The molecule has 0 spiro atoms.